The van der Waals surface area contributed by atoms with E-state index in [1.54, 1.807) is 17.6 Å². The molecule has 2 heterocycles. The van der Waals surface area contributed by atoms with Crippen molar-refractivity contribution in [3.05, 3.63) is 54.0 Å². The first kappa shape index (κ1) is 12.7. The Morgan fingerprint density at radius 2 is 1.90 bits per heavy atom. The van der Waals surface area contributed by atoms with Crippen molar-refractivity contribution in [3.8, 4) is 5.82 Å². The van der Waals surface area contributed by atoms with Crippen LogP contribution >= 0.6 is 0 Å². The molecule has 1 atom stereocenters. The molecule has 0 fully saturated rings. The first-order chi connectivity index (χ1) is 9.56. The smallest absolute Gasteiger partial charge is 0.141 e. The lowest BCUT2D eigenvalue weighted by Crippen LogP contribution is -2.13. The van der Waals surface area contributed by atoms with Crippen molar-refractivity contribution >= 4 is 11.0 Å². The molecule has 0 saturated carbocycles. The topological polar surface area (TPSA) is 56.7 Å². The molecule has 0 aliphatic heterocycles. The van der Waals surface area contributed by atoms with E-state index in [0.29, 0.717) is 22.7 Å². The molecule has 102 valence electrons. The fourth-order valence-electron chi connectivity index (χ4n) is 2.12. The summed E-state index contributed by atoms with van der Waals surface area (Å²) in [5.74, 6) is 0.245. The quantitative estimate of drug-likeness (QED) is 0.781. The van der Waals surface area contributed by atoms with Gasteiger partial charge in [0.2, 0.25) is 0 Å². The number of fused-ring (bicyclic) bond motifs is 1. The lowest BCUT2D eigenvalue weighted by atomic mass is 10.3. The number of nitrogens with zero attached hydrogens (tertiary/aromatic N) is 3. The van der Waals surface area contributed by atoms with Crippen molar-refractivity contribution in [1.82, 2.24) is 14.5 Å². The van der Waals surface area contributed by atoms with E-state index >= 15 is 0 Å². The molecule has 0 aliphatic carbocycles. The second-order valence-corrected chi connectivity index (χ2v) is 4.56. The van der Waals surface area contributed by atoms with Crippen LogP contribution in [0, 0.1) is 11.6 Å². The molecule has 20 heavy (non-hydrogen) atoms. The number of imidazole rings is 1. The van der Waals surface area contributed by atoms with Crippen LogP contribution in [0.4, 0.5) is 8.78 Å². The predicted octanol–water partition coefficient (Wildman–Crippen LogP) is 2.72. The van der Waals surface area contributed by atoms with Crippen LogP contribution in [-0.4, -0.2) is 14.5 Å². The molecule has 0 bridgehead atoms. The molecular formula is C14H12F2N4. The molecule has 3 rings (SSSR count). The van der Waals surface area contributed by atoms with Crippen LogP contribution in [0.15, 0.2) is 36.5 Å². The monoisotopic (exact) mass is 274 g/mol. The van der Waals surface area contributed by atoms with Gasteiger partial charge in [-0.3, -0.25) is 4.57 Å². The largest absolute Gasteiger partial charge is 0.322 e. The second kappa shape index (κ2) is 4.64. The molecular weight excluding hydrogens is 262 g/mol. The third kappa shape index (κ3) is 2.04. The highest BCUT2D eigenvalue weighted by atomic mass is 19.1. The zero-order valence-corrected chi connectivity index (χ0v) is 10.7. The third-order valence-corrected chi connectivity index (χ3v) is 2.99. The number of hydrogen-bond acceptors (Lipinski definition) is 3. The van der Waals surface area contributed by atoms with Gasteiger partial charge in [-0.05, 0) is 31.2 Å². The van der Waals surface area contributed by atoms with E-state index in [-0.39, 0.29) is 11.9 Å². The summed E-state index contributed by atoms with van der Waals surface area (Å²) in [5, 5.41) is 0. The Morgan fingerprint density at radius 3 is 2.55 bits per heavy atom. The highest BCUT2D eigenvalue weighted by Crippen LogP contribution is 2.24. The molecule has 2 aromatic heterocycles. The highest BCUT2D eigenvalue weighted by molar-refractivity contribution is 5.78. The number of pyridine rings is 1. The van der Waals surface area contributed by atoms with Gasteiger partial charge in [0.25, 0.3) is 0 Å². The number of aromatic nitrogens is 3. The molecule has 0 spiro atoms. The number of halogens is 2. The standard InChI is InChI=1S/C14H12F2N4/c1-8(17)14-19-11-6-9(15)2-4-12(11)20(14)13-5-3-10(16)7-18-13/h2-8H,17H2,1H3. The van der Waals surface area contributed by atoms with E-state index in [1.807, 2.05) is 0 Å². The maximum Gasteiger partial charge on any atom is 0.141 e. The maximum absolute atomic E-state index is 13.3. The minimum Gasteiger partial charge on any atom is -0.322 e. The normalized spacial score (nSPS) is 12.8. The number of hydrogen-bond donors (Lipinski definition) is 1. The second-order valence-electron chi connectivity index (χ2n) is 4.56. The summed E-state index contributed by atoms with van der Waals surface area (Å²) in [5.41, 5.74) is 7.07. The summed E-state index contributed by atoms with van der Waals surface area (Å²) < 4.78 is 28.0. The predicted molar refractivity (Wildman–Crippen MR) is 71.4 cm³/mol. The van der Waals surface area contributed by atoms with Crippen molar-refractivity contribution in [3.63, 3.8) is 0 Å². The number of nitrogens with two attached hydrogens (primary N) is 1. The molecule has 6 heteroatoms. The SMILES string of the molecule is CC(N)c1nc2cc(F)ccc2n1-c1ccc(F)cn1. The molecule has 4 nitrogen and oxygen atoms in total. The van der Waals surface area contributed by atoms with E-state index in [2.05, 4.69) is 9.97 Å². The van der Waals surface area contributed by atoms with E-state index in [0.717, 1.165) is 6.20 Å². The van der Waals surface area contributed by atoms with Crippen LogP contribution in [0.3, 0.4) is 0 Å². The van der Waals surface area contributed by atoms with E-state index in [9.17, 15) is 8.78 Å². The van der Waals surface area contributed by atoms with Crippen LogP contribution in [0.2, 0.25) is 0 Å². The van der Waals surface area contributed by atoms with Crippen LogP contribution in [0.25, 0.3) is 16.9 Å². The third-order valence-electron chi connectivity index (χ3n) is 2.99. The molecule has 0 radical (unpaired) electrons. The minimum atomic E-state index is -0.424. The van der Waals surface area contributed by atoms with Crippen LogP contribution < -0.4 is 5.73 Å². The summed E-state index contributed by atoms with van der Waals surface area (Å²) in [6.45, 7) is 1.78. The van der Waals surface area contributed by atoms with Gasteiger partial charge in [0, 0.05) is 6.07 Å². The summed E-state index contributed by atoms with van der Waals surface area (Å²) >= 11 is 0. The van der Waals surface area contributed by atoms with Gasteiger partial charge in [0.05, 0.1) is 23.3 Å². The van der Waals surface area contributed by atoms with Crippen LogP contribution in [-0.2, 0) is 0 Å². The zero-order chi connectivity index (χ0) is 14.3. The summed E-state index contributed by atoms with van der Waals surface area (Å²) in [6.07, 6.45) is 1.12. The van der Waals surface area contributed by atoms with Gasteiger partial charge < -0.3 is 5.73 Å². The van der Waals surface area contributed by atoms with Gasteiger partial charge in [0.15, 0.2) is 0 Å². The van der Waals surface area contributed by atoms with E-state index in [4.69, 9.17) is 5.73 Å². The Bertz CT molecular complexity index is 763. The lowest BCUT2D eigenvalue weighted by molar-refractivity contribution is 0.619. The molecule has 1 aromatic carbocycles. The van der Waals surface area contributed by atoms with Crippen LogP contribution in [0.5, 0.6) is 0 Å². The van der Waals surface area contributed by atoms with Crippen molar-refractivity contribution in [2.75, 3.05) is 0 Å². The van der Waals surface area contributed by atoms with E-state index < -0.39 is 5.82 Å². The fraction of sp³-hybridized carbons (Fsp3) is 0.143. The molecule has 2 N–H and O–H groups in total. The average molecular weight is 274 g/mol. The summed E-state index contributed by atoms with van der Waals surface area (Å²) in [7, 11) is 0. The van der Waals surface area contributed by atoms with Gasteiger partial charge >= 0.3 is 0 Å². The number of benzene rings is 1. The lowest BCUT2D eigenvalue weighted by Gasteiger charge is -2.10. The number of rotatable bonds is 2. The van der Waals surface area contributed by atoms with Gasteiger partial charge in [-0.1, -0.05) is 0 Å². The Hall–Kier alpha value is -2.34. The van der Waals surface area contributed by atoms with E-state index in [1.165, 1.54) is 24.3 Å². The minimum absolute atomic E-state index is 0.364. The van der Waals surface area contributed by atoms with Gasteiger partial charge in [-0.25, -0.2) is 18.7 Å². The molecule has 1 unspecified atom stereocenters. The van der Waals surface area contributed by atoms with Crippen molar-refractivity contribution < 1.29 is 8.78 Å². The zero-order valence-electron chi connectivity index (χ0n) is 10.7. The van der Waals surface area contributed by atoms with Crippen molar-refractivity contribution in [1.29, 1.82) is 0 Å². The Morgan fingerprint density at radius 1 is 1.15 bits per heavy atom. The first-order valence-corrected chi connectivity index (χ1v) is 6.11. The molecule has 0 amide bonds. The Balaban J connectivity index is 2.31. The maximum atomic E-state index is 13.3. The molecule has 0 saturated heterocycles. The van der Waals surface area contributed by atoms with Gasteiger partial charge in [0.1, 0.15) is 23.3 Å². The highest BCUT2D eigenvalue weighted by Gasteiger charge is 2.16. The Labute approximate surface area is 113 Å². The first-order valence-electron chi connectivity index (χ1n) is 6.11. The fourth-order valence-corrected chi connectivity index (χ4v) is 2.12. The Kier molecular flexibility index (Phi) is 2.94. The van der Waals surface area contributed by atoms with Crippen molar-refractivity contribution in [2.24, 2.45) is 5.73 Å². The van der Waals surface area contributed by atoms with Crippen molar-refractivity contribution in [2.45, 2.75) is 13.0 Å². The molecule has 3 aromatic rings. The molecule has 0 aliphatic rings. The van der Waals surface area contributed by atoms with Crippen LogP contribution in [0.1, 0.15) is 18.8 Å². The summed E-state index contributed by atoms with van der Waals surface area (Å²) in [4.78, 5) is 8.37. The summed E-state index contributed by atoms with van der Waals surface area (Å²) in [6, 6.07) is 6.76. The van der Waals surface area contributed by atoms with Gasteiger partial charge in [-0.2, -0.15) is 0 Å². The van der Waals surface area contributed by atoms with Gasteiger partial charge in [-0.15, -0.1) is 0 Å². The average Bonchev–Trinajstić information content (AvgIpc) is 2.78.